The van der Waals surface area contributed by atoms with Gasteiger partial charge in [-0.25, -0.2) is 0 Å². The van der Waals surface area contributed by atoms with Gasteiger partial charge in [0, 0.05) is 5.41 Å². The van der Waals surface area contributed by atoms with Crippen molar-refractivity contribution in [3.63, 3.8) is 0 Å². The first-order chi connectivity index (χ1) is 10.5. The summed E-state index contributed by atoms with van der Waals surface area (Å²) < 4.78 is 125. The van der Waals surface area contributed by atoms with Gasteiger partial charge in [-0.3, -0.25) is 8.37 Å². The van der Waals surface area contributed by atoms with E-state index in [0.29, 0.717) is 6.42 Å². The zero-order chi connectivity index (χ0) is 19.0. The van der Waals surface area contributed by atoms with Crippen LogP contribution in [0, 0.1) is 11.3 Å². The molecule has 1 rings (SSSR count). The Labute approximate surface area is 134 Å². The highest BCUT2D eigenvalue weighted by Gasteiger charge is 2.52. The summed E-state index contributed by atoms with van der Waals surface area (Å²) in [5, 5.41) is 0. The third-order valence-electron chi connectivity index (χ3n) is 3.56. The second kappa shape index (κ2) is 6.61. The minimum absolute atomic E-state index is 0.0467. The molecular formula is C10H14F6O6S2. The van der Waals surface area contributed by atoms with Gasteiger partial charge in [0.1, 0.15) is 0 Å². The molecule has 6 nitrogen and oxygen atoms in total. The fourth-order valence-electron chi connectivity index (χ4n) is 2.34. The first-order valence-corrected chi connectivity index (χ1v) is 9.24. The van der Waals surface area contributed by atoms with E-state index in [4.69, 9.17) is 0 Å². The summed E-state index contributed by atoms with van der Waals surface area (Å²) in [7, 11) is -11.9. The summed E-state index contributed by atoms with van der Waals surface area (Å²) in [6.07, 6.45) is 0.244. The van der Waals surface area contributed by atoms with E-state index in [0.717, 1.165) is 0 Å². The van der Waals surface area contributed by atoms with E-state index in [1.54, 1.807) is 6.92 Å². The van der Waals surface area contributed by atoms with E-state index in [9.17, 15) is 43.2 Å². The topological polar surface area (TPSA) is 86.7 Å². The molecule has 14 heteroatoms. The Hall–Kier alpha value is -0.600. The lowest BCUT2D eigenvalue weighted by Gasteiger charge is -2.28. The van der Waals surface area contributed by atoms with Gasteiger partial charge >= 0.3 is 31.3 Å². The van der Waals surface area contributed by atoms with E-state index in [2.05, 4.69) is 8.37 Å². The molecule has 0 N–H and O–H groups in total. The zero-order valence-electron chi connectivity index (χ0n) is 12.1. The van der Waals surface area contributed by atoms with E-state index < -0.39 is 49.9 Å². The molecule has 0 amide bonds. The van der Waals surface area contributed by atoms with Crippen molar-refractivity contribution in [2.75, 3.05) is 13.2 Å². The Bertz CT molecular complexity index is 602. The average Bonchev–Trinajstić information content (AvgIpc) is 2.74. The Balaban J connectivity index is 2.90. The molecule has 1 saturated carbocycles. The monoisotopic (exact) mass is 408 g/mol. The molecule has 1 unspecified atom stereocenters. The lowest BCUT2D eigenvalue weighted by molar-refractivity contribution is -0.0618. The van der Waals surface area contributed by atoms with Gasteiger partial charge in [-0.2, -0.15) is 43.2 Å². The second-order valence-electron chi connectivity index (χ2n) is 5.67. The summed E-state index contributed by atoms with van der Waals surface area (Å²) in [6, 6.07) is 0. The summed E-state index contributed by atoms with van der Waals surface area (Å²) in [5.41, 5.74) is -13.0. The largest absolute Gasteiger partial charge is 0.523 e. The molecule has 0 aromatic carbocycles. The van der Waals surface area contributed by atoms with Crippen molar-refractivity contribution in [2.24, 2.45) is 11.3 Å². The molecule has 0 aromatic rings. The van der Waals surface area contributed by atoms with Crippen LogP contribution in [0.4, 0.5) is 26.3 Å². The molecule has 0 radical (unpaired) electrons. The number of rotatable bonds is 6. The van der Waals surface area contributed by atoms with E-state index in [1.807, 2.05) is 0 Å². The van der Waals surface area contributed by atoms with Gasteiger partial charge in [0.15, 0.2) is 0 Å². The minimum atomic E-state index is -5.95. The van der Waals surface area contributed by atoms with Gasteiger partial charge < -0.3 is 0 Å². The standard InChI is InChI=1S/C10H14F6O6S2/c1-7-2-3-8(4-7,5-21-23(17,18)9(11,12)13)6-22-24(19,20)10(14,15)16/h7H,2-6H2,1H3. The third kappa shape index (κ3) is 4.95. The molecule has 24 heavy (non-hydrogen) atoms. The van der Waals surface area contributed by atoms with Crippen LogP contribution in [0.3, 0.4) is 0 Å². The van der Waals surface area contributed by atoms with Gasteiger partial charge in [0.05, 0.1) is 13.2 Å². The molecule has 1 atom stereocenters. The van der Waals surface area contributed by atoms with E-state index in [1.165, 1.54) is 0 Å². The van der Waals surface area contributed by atoms with Crippen LogP contribution in [0.5, 0.6) is 0 Å². The van der Waals surface area contributed by atoms with Gasteiger partial charge in [-0.15, -0.1) is 0 Å². The summed E-state index contributed by atoms with van der Waals surface area (Å²) >= 11 is 0. The van der Waals surface area contributed by atoms with Gasteiger partial charge in [-0.05, 0) is 25.2 Å². The number of alkyl halides is 6. The number of hydrogen-bond acceptors (Lipinski definition) is 6. The Morgan fingerprint density at radius 3 is 1.54 bits per heavy atom. The van der Waals surface area contributed by atoms with Crippen molar-refractivity contribution in [3.8, 4) is 0 Å². The highest BCUT2D eigenvalue weighted by atomic mass is 32.2. The minimum Gasteiger partial charge on any atom is -0.262 e. The first-order valence-electron chi connectivity index (χ1n) is 6.43. The predicted octanol–water partition coefficient (Wildman–Crippen LogP) is 2.53. The number of hydrogen-bond donors (Lipinski definition) is 0. The average molecular weight is 408 g/mol. The van der Waals surface area contributed by atoms with Crippen molar-refractivity contribution >= 4 is 20.2 Å². The molecule has 0 aliphatic heterocycles. The fraction of sp³-hybridized carbons (Fsp3) is 1.00. The molecule has 144 valence electrons. The number of halogens is 6. The van der Waals surface area contributed by atoms with Crippen LogP contribution in [-0.4, -0.2) is 41.1 Å². The normalized spacial score (nSPS) is 22.7. The van der Waals surface area contributed by atoms with Crippen LogP contribution in [0.25, 0.3) is 0 Å². The first kappa shape index (κ1) is 21.4. The molecule has 0 saturated heterocycles. The van der Waals surface area contributed by atoms with Gasteiger partial charge in [0.25, 0.3) is 0 Å². The molecule has 1 aliphatic rings. The maximum atomic E-state index is 12.3. The highest BCUT2D eigenvalue weighted by Crippen LogP contribution is 2.44. The van der Waals surface area contributed by atoms with Crippen molar-refractivity contribution in [1.29, 1.82) is 0 Å². The smallest absolute Gasteiger partial charge is 0.262 e. The SMILES string of the molecule is CC1CCC(COS(=O)(=O)C(F)(F)F)(COS(=O)(=O)C(F)(F)F)C1. The van der Waals surface area contributed by atoms with Crippen molar-refractivity contribution in [3.05, 3.63) is 0 Å². The van der Waals surface area contributed by atoms with Crippen LogP contribution in [0.1, 0.15) is 26.2 Å². The van der Waals surface area contributed by atoms with Crippen molar-refractivity contribution in [1.82, 2.24) is 0 Å². The highest BCUT2D eigenvalue weighted by molar-refractivity contribution is 7.87. The van der Waals surface area contributed by atoms with E-state index in [-0.39, 0.29) is 18.8 Å². The van der Waals surface area contributed by atoms with Crippen LogP contribution in [-0.2, 0) is 28.6 Å². The molecular weight excluding hydrogens is 394 g/mol. The third-order valence-corrected chi connectivity index (χ3v) is 5.55. The van der Waals surface area contributed by atoms with Crippen LogP contribution in [0.2, 0.25) is 0 Å². The maximum Gasteiger partial charge on any atom is 0.523 e. The van der Waals surface area contributed by atoms with Crippen LogP contribution in [0.15, 0.2) is 0 Å². The van der Waals surface area contributed by atoms with Crippen LogP contribution < -0.4 is 0 Å². The zero-order valence-corrected chi connectivity index (χ0v) is 13.8. The summed E-state index contributed by atoms with van der Waals surface area (Å²) in [5.74, 6) is -0.181. The molecule has 0 aromatic heterocycles. The predicted molar refractivity (Wildman–Crippen MR) is 67.3 cm³/mol. The van der Waals surface area contributed by atoms with Gasteiger partial charge in [0.2, 0.25) is 0 Å². The Morgan fingerprint density at radius 2 is 1.29 bits per heavy atom. The van der Waals surface area contributed by atoms with E-state index >= 15 is 0 Å². The lowest BCUT2D eigenvalue weighted by atomic mass is 9.87. The molecule has 0 spiro atoms. The second-order valence-corrected chi connectivity index (χ2v) is 8.89. The lowest BCUT2D eigenvalue weighted by Crippen LogP contribution is -2.37. The molecule has 0 heterocycles. The molecule has 1 aliphatic carbocycles. The Kier molecular flexibility index (Phi) is 5.90. The van der Waals surface area contributed by atoms with Crippen molar-refractivity contribution in [2.45, 2.75) is 37.2 Å². The molecule has 0 bridgehead atoms. The molecule has 1 fully saturated rings. The maximum absolute atomic E-state index is 12.3. The summed E-state index contributed by atoms with van der Waals surface area (Å²) in [6.45, 7) is -0.641. The fourth-order valence-corrected chi connectivity index (χ4v) is 3.42. The van der Waals surface area contributed by atoms with Crippen molar-refractivity contribution < 1.29 is 51.5 Å². The van der Waals surface area contributed by atoms with Gasteiger partial charge in [-0.1, -0.05) is 6.92 Å². The Morgan fingerprint density at radius 1 is 0.917 bits per heavy atom. The quantitative estimate of drug-likeness (QED) is 0.381. The van der Waals surface area contributed by atoms with Crippen LogP contribution >= 0.6 is 0 Å². The summed E-state index contributed by atoms with van der Waals surface area (Å²) in [4.78, 5) is 0.